The second-order valence-electron chi connectivity index (χ2n) is 3.30. The molecule has 88 valence electrons. The maximum atomic E-state index is 11.8. The topological polar surface area (TPSA) is 44.9 Å². The number of hydrogen-bond donors (Lipinski definition) is 2. The number of carbonyl (C=O) groups is 1. The van der Waals surface area contributed by atoms with E-state index in [0.29, 0.717) is 16.7 Å². The summed E-state index contributed by atoms with van der Waals surface area (Å²) >= 11 is 10.0. The molecule has 0 saturated heterocycles. The Hall–Kier alpha value is -0.980. The summed E-state index contributed by atoms with van der Waals surface area (Å²) in [5.41, 5.74) is 0.498. The van der Waals surface area contributed by atoms with E-state index in [1.165, 1.54) is 0 Å². The molecule has 2 rings (SSSR count). The molecule has 0 aliphatic heterocycles. The summed E-state index contributed by atoms with van der Waals surface area (Å²) in [5, 5.41) is 2.83. The van der Waals surface area contributed by atoms with Crippen molar-refractivity contribution >= 4 is 45.4 Å². The van der Waals surface area contributed by atoms with Gasteiger partial charge < -0.3 is 10.3 Å². The number of nitrogens with one attached hydrogen (secondary N) is 2. The first-order valence-electron chi connectivity index (χ1n) is 4.87. The van der Waals surface area contributed by atoms with E-state index in [9.17, 15) is 4.79 Å². The molecule has 0 fully saturated rings. The summed E-state index contributed by atoms with van der Waals surface area (Å²) in [4.78, 5) is 15.8. The van der Waals surface area contributed by atoms with Crippen molar-refractivity contribution in [2.45, 2.75) is 6.54 Å². The third-order valence-electron chi connectivity index (χ3n) is 2.11. The SMILES string of the molecule is O=C(NCc1ccc(Br)s1)c1ccc[nH]c1=S. The molecule has 2 aromatic rings. The Kier molecular flexibility index (Phi) is 4.09. The summed E-state index contributed by atoms with van der Waals surface area (Å²) in [6.07, 6.45) is 1.70. The highest BCUT2D eigenvalue weighted by molar-refractivity contribution is 9.11. The number of aromatic amines is 1. The quantitative estimate of drug-likeness (QED) is 0.847. The average Bonchev–Trinajstić information content (AvgIpc) is 2.73. The Labute approximate surface area is 116 Å². The van der Waals surface area contributed by atoms with E-state index in [1.807, 2.05) is 12.1 Å². The Morgan fingerprint density at radius 3 is 2.94 bits per heavy atom. The summed E-state index contributed by atoms with van der Waals surface area (Å²) in [5.74, 6) is -0.156. The van der Waals surface area contributed by atoms with Gasteiger partial charge in [0.25, 0.3) is 5.91 Å². The Balaban J connectivity index is 2.03. The molecular formula is C11H9BrN2OS2. The van der Waals surface area contributed by atoms with E-state index < -0.39 is 0 Å². The molecule has 0 aliphatic carbocycles. The van der Waals surface area contributed by atoms with Crippen LogP contribution in [-0.2, 0) is 6.54 Å². The molecule has 0 unspecified atom stereocenters. The van der Waals surface area contributed by atoms with Gasteiger partial charge >= 0.3 is 0 Å². The standard InChI is InChI=1S/C11H9BrN2OS2/c12-9-4-3-7(17-9)6-14-10(15)8-2-1-5-13-11(8)16/h1-5H,6H2,(H,13,16)(H,14,15). The third kappa shape index (κ3) is 3.24. The van der Waals surface area contributed by atoms with Crippen molar-refractivity contribution in [2.24, 2.45) is 0 Å². The minimum Gasteiger partial charge on any atom is -0.352 e. The lowest BCUT2D eigenvalue weighted by molar-refractivity contribution is 0.0950. The van der Waals surface area contributed by atoms with E-state index in [0.717, 1.165) is 8.66 Å². The van der Waals surface area contributed by atoms with Crippen LogP contribution >= 0.6 is 39.5 Å². The van der Waals surface area contributed by atoms with Crippen LogP contribution in [0.1, 0.15) is 15.2 Å². The van der Waals surface area contributed by atoms with Crippen LogP contribution in [0.15, 0.2) is 34.2 Å². The third-order valence-corrected chi connectivity index (χ3v) is 4.08. The normalized spacial score (nSPS) is 10.2. The van der Waals surface area contributed by atoms with Gasteiger partial charge in [-0.3, -0.25) is 4.79 Å². The first-order valence-corrected chi connectivity index (χ1v) is 6.89. The summed E-state index contributed by atoms with van der Waals surface area (Å²) < 4.78 is 1.51. The van der Waals surface area contributed by atoms with Crippen molar-refractivity contribution in [3.8, 4) is 0 Å². The average molecular weight is 329 g/mol. The number of hydrogen-bond acceptors (Lipinski definition) is 3. The molecule has 0 radical (unpaired) electrons. The molecule has 2 N–H and O–H groups in total. The van der Waals surface area contributed by atoms with Gasteiger partial charge in [0.1, 0.15) is 4.64 Å². The molecule has 0 atom stereocenters. The van der Waals surface area contributed by atoms with Gasteiger partial charge in [-0.25, -0.2) is 0 Å². The fourth-order valence-corrected chi connectivity index (χ4v) is 2.96. The van der Waals surface area contributed by atoms with Crippen LogP contribution in [0.3, 0.4) is 0 Å². The van der Waals surface area contributed by atoms with Gasteiger partial charge in [0.15, 0.2) is 0 Å². The highest BCUT2D eigenvalue weighted by Crippen LogP contribution is 2.21. The van der Waals surface area contributed by atoms with Gasteiger partial charge in [-0.05, 0) is 40.2 Å². The number of thiophene rings is 1. The van der Waals surface area contributed by atoms with Gasteiger partial charge in [0.2, 0.25) is 0 Å². The lowest BCUT2D eigenvalue weighted by Gasteiger charge is -2.03. The minimum atomic E-state index is -0.156. The molecule has 3 nitrogen and oxygen atoms in total. The maximum Gasteiger partial charge on any atom is 0.254 e. The predicted octanol–water partition coefficient (Wildman–Crippen LogP) is 3.50. The zero-order valence-corrected chi connectivity index (χ0v) is 11.9. The summed E-state index contributed by atoms with van der Waals surface area (Å²) in [6, 6.07) is 7.40. The zero-order valence-electron chi connectivity index (χ0n) is 8.70. The Morgan fingerprint density at radius 2 is 2.29 bits per heavy atom. The monoisotopic (exact) mass is 328 g/mol. The number of amides is 1. The fraction of sp³-hybridized carbons (Fsp3) is 0.0909. The van der Waals surface area contributed by atoms with Crippen molar-refractivity contribution in [3.05, 3.63) is 49.3 Å². The van der Waals surface area contributed by atoms with E-state index in [2.05, 4.69) is 26.2 Å². The Bertz CT molecular complexity index is 591. The molecule has 2 aromatic heterocycles. The van der Waals surface area contributed by atoms with Crippen molar-refractivity contribution in [1.29, 1.82) is 0 Å². The van der Waals surface area contributed by atoms with Crippen LogP contribution in [-0.4, -0.2) is 10.9 Å². The molecule has 6 heteroatoms. The van der Waals surface area contributed by atoms with E-state index in [1.54, 1.807) is 29.7 Å². The van der Waals surface area contributed by atoms with Crippen LogP contribution in [0, 0.1) is 4.64 Å². The molecule has 1 amide bonds. The van der Waals surface area contributed by atoms with Crippen molar-refractivity contribution in [2.75, 3.05) is 0 Å². The van der Waals surface area contributed by atoms with Crippen LogP contribution in [0.2, 0.25) is 0 Å². The van der Waals surface area contributed by atoms with Crippen LogP contribution in [0.5, 0.6) is 0 Å². The number of carbonyl (C=O) groups excluding carboxylic acids is 1. The van der Waals surface area contributed by atoms with Gasteiger partial charge in [0, 0.05) is 11.1 Å². The zero-order chi connectivity index (χ0) is 12.3. The second kappa shape index (κ2) is 5.57. The number of rotatable bonds is 3. The molecular weight excluding hydrogens is 320 g/mol. The molecule has 0 bridgehead atoms. The smallest absolute Gasteiger partial charge is 0.254 e. The lowest BCUT2D eigenvalue weighted by Crippen LogP contribution is -2.22. The van der Waals surface area contributed by atoms with Gasteiger partial charge in [-0.15, -0.1) is 11.3 Å². The second-order valence-corrected chi connectivity index (χ2v) is 6.26. The number of pyridine rings is 1. The maximum absolute atomic E-state index is 11.8. The van der Waals surface area contributed by atoms with Crippen LogP contribution < -0.4 is 5.32 Å². The summed E-state index contributed by atoms with van der Waals surface area (Å²) in [7, 11) is 0. The van der Waals surface area contributed by atoms with Gasteiger partial charge in [-0.2, -0.15) is 0 Å². The van der Waals surface area contributed by atoms with Gasteiger partial charge in [0.05, 0.1) is 15.9 Å². The first-order chi connectivity index (χ1) is 8.16. The number of H-pyrrole nitrogens is 1. The van der Waals surface area contributed by atoms with Crippen LogP contribution in [0.4, 0.5) is 0 Å². The molecule has 0 spiro atoms. The number of aromatic nitrogens is 1. The van der Waals surface area contributed by atoms with E-state index >= 15 is 0 Å². The molecule has 17 heavy (non-hydrogen) atoms. The molecule has 0 aromatic carbocycles. The van der Waals surface area contributed by atoms with E-state index in [4.69, 9.17) is 12.2 Å². The predicted molar refractivity (Wildman–Crippen MR) is 74.8 cm³/mol. The van der Waals surface area contributed by atoms with E-state index in [-0.39, 0.29) is 5.91 Å². The number of halogens is 1. The van der Waals surface area contributed by atoms with Crippen molar-refractivity contribution < 1.29 is 4.79 Å². The minimum absolute atomic E-state index is 0.156. The Morgan fingerprint density at radius 1 is 1.47 bits per heavy atom. The first kappa shape index (κ1) is 12.5. The molecule has 0 aliphatic rings. The summed E-state index contributed by atoms with van der Waals surface area (Å²) in [6.45, 7) is 0.513. The van der Waals surface area contributed by atoms with Crippen LogP contribution in [0.25, 0.3) is 0 Å². The van der Waals surface area contributed by atoms with Gasteiger partial charge in [-0.1, -0.05) is 12.2 Å². The van der Waals surface area contributed by atoms with Crippen molar-refractivity contribution in [3.63, 3.8) is 0 Å². The van der Waals surface area contributed by atoms with Crippen molar-refractivity contribution in [1.82, 2.24) is 10.3 Å². The fourth-order valence-electron chi connectivity index (χ4n) is 1.31. The molecule has 0 saturated carbocycles. The molecule has 2 heterocycles. The highest BCUT2D eigenvalue weighted by atomic mass is 79.9. The largest absolute Gasteiger partial charge is 0.352 e. The highest BCUT2D eigenvalue weighted by Gasteiger charge is 2.07. The lowest BCUT2D eigenvalue weighted by atomic mass is 10.2.